The second-order valence-electron chi connectivity index (χ2n) is 3.10. The maximum atomic E-state index is 11.5. The van der Waals surface area contributed by atoms with E-state index in [1.165, 1.54) is 7.11 Å². The summed E-state index contributed by atoms with van der Waals surface area (Å²) in [5.74, 6) is -0.320. The lowest BCUT2D eigenvalue weighted by atomic mass is 10.2. The van der Waals surface area contributed by atoms with Crippen molar-refractivity contribution < 1.29 is 9.53 Å². The van der Waals surface area contributed by atoms with E-state index in [4.69, 9.17) is 4.74 Å². The van der Waals surface area contributed by atoms with E-state index in [0.717, 1.165) is 15.0 Å². The van der Waals surface area contributed by atoms with Gasteiger partial charge in [-0.3, -0.25) is 4.40 Å². The molecule has 0 aliphatic heterocycles. The van der Waals surface area contributed by atoms with Gasteiger partial charge in [-0.2, -0.15) is 0 Å². The molecule has 0 aromatic carbocycles. The van der Waals surface area contributed by atoms with E-state index in [1.54, 1.807) is 18.3 Å². The maximum Gasteiger partial charge on any atom is 0.339 e. The van der Waals surface area contributed by atoms with Crippen molar-refractivity contribution in [2.45, 2.75) is 6.92 Å². The van der Waals surface area contributed by atoms with Gasteiger partial charge in [-0.05, 0) is 41.6 Å². The van der Waals surface area contributed by atoms with Gasteiger partial charge < -0.3 is 4.74 Å². The second-order valence-corrected chi connectivity index (χ2v) is 4.20. The average Bonchev–Trinajstić information content (AvgIpc) is 2.61. The molecule has 15 heavy (non-hydrogen) atoms. The molecule has 0 saturated heterocycles. The number of aromatic nitrogens is 2. The molecule has 0 unspecified atom stereocenters. The van der Waals surface area contributed by atoms with Crippen LogP contribution in [0.4, 0.5) is 0 Å². The van der Waals surface area contributed by atoms with Crippen LogP contribution in [-0.2, 0) is 4.74 Å². The summed E-state index contributed by atoms with van der Waals surface area (Å²) in [5.41, 5.74) is 2.26. The van der Waals surface area contributed by atoms with Crippen molar-refractivity contribution in [1.82, 2.24) is 9.38 Å². The number of hydrogen-bond donors (Lipinski definition) is 0. The Hall–Kier alpha value is -1.11. The molecule has 5 heteroatoms. The number of aryl methyl sites for hydroxylation is 1. The Labute approximate surface area is 100 Å². The molecule has 0 aliphatic rings. The van der Waals surface area contributed by atoms with E-state index in [0.29, 0.717) is 5.56 Å². The zero-order valence-electron chi connectivity index (χ0n) is 8.32. The van der Waals surface area contributed by atoms with Crippen LogP contribution in [0, 0.1) is 10.6 Å². The normalized spacial score (nSPS) is 10.6. The summed E-state index contributed by atoms with van der Waals surface area (Å²) in [7, 11) is 1.38. The Morgan fingerprint density at radius 2 is 2.27 bits per heavy atom. The molecule has 2 aromatic heterocycles. The highest BCUT2D eigenvalue weighted by molar-refractivity contribution is 14.1. The van der Waals surface area contributed by atoms with E-state index < -0.39 is 0 Å². The number of imidazole rings is 1. The molecule has 0 amide bonds. The lowest BCUT2D eigenvalue weighted by Gasteiger charge is -2.06. The van der Waals surface area contributed by atoms with Gasteiger partial charge >= 0.3 is 5.97 Å². The van der Waals surface area contributed by atoms with Crippen molar-refractivity contribution >= 4 is 34.2 Å². The molecule has 0 N–H and O–H groups in total. The lowest BCUT2D eigenvalue weighted by molar-refractivity contribution is 0.0599. The molecule has 78 valence electrons. The molecule has 0 aliphatic carbocycles. The zero-order chi connectivity index (χ0) is 11.0. The molecule has 2 aromatic rings. The highest BCUT2D eigenvalue weighted by Crippen LogP contribution is 2.16. The van der Waals surface area contributed by atoms with Crippen LogP contribution in [-0.4, -0.2) is 22.5 Å². The highest BCUT2D eigenvalue weighted by Gasteiger charge is 2.13. The minimum Gasteiger partial charge on any atom is -0.465 e. The Morgan fingerprint density at radius 3 is 2.93 bits per heavy atom. The average molecular weight is 316 g/mol. The number of carbonyl (C=O) groups excluding carboxylic acids is 1. The highest BCUT2D eigenvalue weighted by atomic mass is 127. The fraction of sp³-hybridized carbons (Fsp3) is 0.200. The predicted octanol–water partition coefficient (Wildman–Crippen LogP) is 2.03. The summed E-state index contributed by atoms with van der Waals surface area (Å²) in [6.07, 6.45) is 1.77. The Kier molecular flexibility index (Phi) is 2.64. The molecule has 4 nitrogen and oxygen atoms in total. The van der Waals surface area contributed by atoms with Crippen molar-refractivity contribution in [1.29, 1.82) is 0 Å². The van der Waals surface area contributed by atoms with Crippen LogP contribution in [0.1, 0.15) is 16.1 Å². The summed E-state index contributed by atoms with van der Waals surface area (Å²) in [5, 5.41) is 0. The number of pyridine rings is 1. The predicted molar refractivity (Wildman–Crippen MR) is 64.0 cm³/mol. The molecule has 2 rings (SSSR count). The van der Waals surface area contributed by atoms with E-state index in [9.17, 15) is 4.79 Å². The Balaban J connectivity index is 2.74. The molecular weight excluding hydrogens is 307 g/mol. The fourth-order valence-corrected chi connectivity index (χ4v) is 2.27. The standard InChI is InChI=1S/C10H9IN2O2/c1-6-7(10(14)15-2)3-4-9-12-5-8(11)13(6)9/h3-5H,1-2H3. The number of hydrogen-bond acceptors (Lipinski definition) is 3. The fourth-order valence-electron chi connectivity index (χ4n) is 1.52. The summed E-state index contributed by atoms with van der Waals surface area (Å²) >= 11 is 2.18. The van der Waals surface area contributed by atoms with E-state index in [-0.39, 0.29) is 5.97 Å². The third-order valence-electron chi connectivity index (χ3n) is 2.28. The third-order valence-corrected chi connectivity index (χ3v) is 3.04. The summed E-state index contributed by atoms with van der Waals surface area (Å²) < 4.78 is 7.61. The van der Waals surface area contributed by atoms with E-state index in [2.05, 4.69) is 27.6 Å². The first-order valence-corrected chi connectivity index (χ1v) is 5.44. The SMILES string of the molecule is COC(=O)c1ccc2ncc(I)n2c1C. The third kappa shape index (κ3) is 1.60. The van der Waals surface area contributed by atoms with Gasteiger partial charge in [0.25, 0.3) is 0 Å². The van der Waals surface area contributed by atoms with E-state index >= 15 is 0 Å². The van der Waals surface area contributed by atoms with Crippen molar-refractivity contribution in [3.8, 4) is 0 Å². The van der Waals surface area contributed by atoms with E-state index in [1.807, 2.05) is 11.3 Å². The Bertz CT molecular complexity index is 533. The molecule has 0 radical (unpaired) electrons. The number of esters is 1. The smallest absolute Gasteiger partial charge is 0.339 e. The van der Waals surface area contributed by atoms with Crippen molar-refractivity contribution in [3.63, 3.8) is 0 Å². The molecule has 0 atom stereocenters. The van der Waals surface area contributed by atoms with Crippen LogP contribution in [0.15, 0.2) is 18.3 Å². The molecule has 0 fully saturated rings. The maximum absolute atomic E-state index is 11.5. The van der Waals surface area contributed by atoms with Crippen LogP contribution in [0.3, 0.4) is 0 Å². The number of halogens is 1. The van der Waals surface area contributed by atoms with Crippen molar-refractivity contribution in [3.05, 3.63) is 33.3 Å². The lowest BCUT2D eigenvalue weighted by Crippen LogP contribution is -2.07. The number of rotatable bonds is 1. The second kappa shape index (κ2) is 3.80. The van der Waals surface area contributed by atoms with Crippen molar-refractivity contribution in [2.75, 3.05) is 7.11 Å². The minimum atomic E-state index is -0.320. The largest absolute Gasteiger partial charge is 0.465 e. The first kappa shape index (κ1) is 10.4. The minimum absolute atomic E-state index is 0.320. The Morgan fingerprint density at radius 1 is 1.53 bits per heavy atom. The first-order chi connectivity index (χ1) is 7.15. The van der Waals surface area contributed by atoms with Crippen molar-refractivity contribution in [2.24, 2.45) is 0 Å². The molecular formula is C10H9IN2O2. The zero-order valence-corrected chi connectivity index (χ0v) is 10.5. The van der Waals surface area contributed by atoms with Crippen LogP contribution in [0.2, 0.25) is 0 Å². The summed E-state index contributed by atoms with van der Waals surface area (Å²) in [6.45, 7) is 1.88. The molecule has 2 heterocycles. The van der Waals surface area contributed by atoms with Crippen LogP contribution < -0.4 is 0 Å². The van der Waals surface area contributed by atoms with Gasteiger partial charge in [0.2, 0.25) is 0 Å². The van der Waals surface area contributed by atoms with Gasteiger partial charge in [0.15, 0.2) is 0 Å². The number of nitrogens with zero attached hydrogens (tertiary/aromatic N) is 2. The number of ether oxygens (including phenoxy) is 1. The van der Waals surface area contributed by atoms with Gasteiger partial charge in [-0.25, -0.2) is 9.78 Å². The van der Waals surface area contributed by atoms with Crippen LogP contribution in [0.5, 0.6) is 0 Å². The summed E-state index contributed by atoms with van der Waals surface area (Å²) in [4.78, 5) is 15.7. The summed E-state index contributed by atoms with van der Waals surface area (Å²) in [6, 6.07) is 3.54. The molecule has 0 spiro atoms. The van der Waals surface area contributed by atoms with Gasteiger partial charge in [-0.15, -0.1) is 0 Å². The first-order valence-electron chi connectivity index (χ1n) is 4.36. The van der Waals surface area contributed by atoms with Gasteiger partial charge in [0.05, 0.1) is 18.9 Å². The van der Waals surface area contributed by atoms with Gasteiger partial charge in [-0.1, -0.05) is 0 Å². The van der Waals surface area contributed by atoms with Crippen LogP contribution in [0.25, 0.3) is 5.65 Å². The quantitative estimate of drug-likeness (QED) is 0.597. The van der Waals surface area contributed by atoms with Crippen LogP contribution >= 0.6 is 22.6 Å². The number of carbonyl (C=O) groups is 1. The van der Waals surface area contributed by atoms with Gasteiger partial charge in [0, 0.05) is 5.69 Å². The number of fused-ring (bicyclic) bond motifs is 1. The monoisotopic (exact) mass is 316 g/mol. The molecule has 0 saturated carbocycles. The van der Waals surface area contributed by atoms with Gasteiger partial charge in [0.1, 0.15) is 9.35 Å². The topological polar surface area (TPSA) is 43.6 Å². The molecule has 0 bridgehead atoms. The number of methoxy groups -OCH3 is 1.